The third-order valence-corrected chi connectivity index (χ3v) is 5.29. The van der Waals surface area contributed by atoms with Crippen molar-refractivity contribution in [3.05, 3.63) is 0 Å². The maximum absolute atomic E-state index is 14.0. The zero-order chi connectivity index (χ0) is 16.2. The molecule has 1 saturated carbocycles. The van der Waals surface area contributed by atoms with Gasteiger partial charge in [0.15, 0.2) is 0 Å². The van der Waals surface area contributed by atoms with E-state index in [9.17, 15) is 17.6 Å². The zero-order valence-corrected chi connectivity index (χ0v) is 13.7. The van der Waals surface area contributed by atoms with Crippen molar-refractivity contribution in [1.29, 1.82) is 0 Å². The molecule has 1 rings (SSSR count). The Hall–Kier alpha value is -0.280. The Bertz CT molecular complexity index is 290. The molecule has 3 atom stereocenters. The fourth-order valence-electron chi connectivity index (χ4n) is 3.47. The maximum atomic E-state index is 14.0. The molecular weight excluding hydrogens is 280 g/mol. The van der Waals surface area contributed by atoms with E-state index < -0.39 is 24.7 Å². The molecule has 0 spiro atoms. The van der Waals surface area contributed by atoms with Crippen LogP contribution in [0.1, 0.15) is 66.2 Å². The van der Waals surface area contributed by atoms with Gasteiger partial charge in [0.2, 0.25) is 0 Å². The highest BCUT2D eigenvalue weighted by Crippen LogP contribution is 2.38. The van der Waals surface area contributed by atoms with Crippen molar-refractivity contribution in [3.63, 3.8) is 0 Å². The first-order valence-corrected chi connectivity index (χ1v) is 8.32. The topological polar surface area (TPSA) is 0 Å². The lowest BCUT2D eigenvalue weighted by Crippen LogP contribution is -2.27. The molecule has 0 aromatic carbocycles. The molecule has 1 aliphatic rings. The molecule has 0 radical (unpaired) electrons. The van der Waals surface area contributed by atoms with E-state index in [1.54, 1.807) is 6.92 Å². The van der Waals surface area contributed by atoms with Gasteiger partial charge in [-0.3, -0.25) is 0 Å². The smallest absolute Gasteiger partial charge is 0.247 e. The van der Waals surface area contributed by atoms with Gasteiger partial charge >= 0.3 is 6.18 Å². The molecule has 126 valence electrons. The van der Waals surface area contributed by atoms with Gasteiger partial charge in [-0.25, -0.2) is 4.39 Å². The van der Waals surface area contributed by atoms with E-state index in [2.05, 4.69) is 13.8 Å². The zero-order valence-electron chi connectivity index (χ0n) is 13.7. The molecule has 0 amide bonds. The van der Waals surface area contributed by atoms with Gasteiger partial charge in [-0.05, 0) is 49.4 Å². The summed E-state index contributed by atoms with van der Waals surface area (Å²) in [6.45, 7) is 7.32. The molecule has 0 nitrogen and oxygen atoms in total. The fourth-order valence-corrected chi connectivity index (χ4v) is 3.47. The molecule has 0 aromatic rings. The molecule has 21 heavy (non-hydrogen) atoms. The average Bonchev–Trinajstić information content (AvgIpc) is 2.37. The lowest BCUT2D eigenvalue weighted by molar-refractivity contribution is -0.175. The van der Waals surface area contributed by atoms with Gasteiger partial charge in [-0.2, -0.15) is 13.2 Å². The second-order valence-corrected chi connectivity index (χ2v) is 7.43. The Morgan fingerprint density at radius 2 is 1.48 bits per heavy atom. The molecular formula is C17H30F4. The Balaban J connectivity index is 2.35. The van der Waals surface area contributed by atoms with Crippen molar-refractivity contribution < 1.29 is 17.6 Å². The Kier molecular flexibility index (Phi) is 6.99. The van der Waals surface area contributed by atoms with Crippen molar-refractivity contribution in [2.24, 2.45) is 29.6 Å². The van der Waals surface area contributed by atoms with E-state index in [1.807, 2.05) is 0 Å². The Labute approximate surface area is 126 Å². The van der Waals surface area contributed by atoms with Gasteiger partial charge in [0.1, 0.15) is 6.17 Å². The van der Waals surface area contributed by atoms with Crippen molar-refractivity contribution >= 4 is 0 Å². The summed E-state index contributed by atoms with van der Waals surface area (Å²) in [4.78, 5) is 0. The first kappa shape index (κ1) is 18.8. The molecule has 4 heteroatoms. The summed E-state index contributed by atoms with van der Waals surface area (Å²) in [5, 5.41) is 0. The number of alkyl halides is 4. The molecule has 0 aliphatic heterocycles. The minimum Gasteiger partial charge on any atom is -0.247 e. The number of halogens is 4. The maximum Gasteiger partial charge on any atom is 0.391 e. The lowest BCUT2D eigenvalue weighted by atomic mass is 9.74. The van der Waals surface area contributed by atoms with Crippen molar-refractivity contribution in [2.75, 3.05) is 0 Å². The highest BCUT2D eigenvalue weighted by molar-refractivity contribution is 4.79. The largest absolute Gasteiger partial charge is 0.391 e. The summed E-state index contributed by atoms with van der Waals surface area (Å²) in [5.41, 5.74) is 0. The second kappa shape index (κ2) is 7.82. The van der Waals surface area contributed by atoms with E-state index >= 15 is 0 Å². The molecule has 0 N–H and O–H groups in total. The van der Waals surface area contributed by atoms with Crippen LogP contribution in [-0.2, 0) is 0 Å². The van der Waals surface area contributed by atoms with Gasteiger partial charge in [0.05, 0.1) is 5.92 Å². The second-order valence-electron chi connectivity index (χ2n) is 7.43. The average molecular weight is 310 g/mol. The third-order valence-electron chi connectivity index (χ3n) is 5.29. The van der Waals surface area contributed by atoms with Gasteiger partial charge < -0.3 is 0 Å². The van der Waals surface area contributed by atoms with Gasteiger partial charge in [-0.1, -0.05) is 40.5 Å². The number of hydrogen-bond donors (Lipinski definition) is 0. The Morgan fingerprint density at radius 3 is 1.90 bits per heavy atom. The number of rotatable bonds is 6. The highest BCUT2D eigenvalue weighted by atomic mass is 19.4. The lowest BCUT2D eigenvalue weighted by Gasteiger charge is -2.33. The van der Waals surface area contributed by atoms with E-state index in [4.69, 9.17) is 0 Å². The molecule has 0 saturated heterocycles. The van der Waals surface area contributed by atoms with E-state index in [0.29, 0.717) is 11.8 Å². The molecule has 0 bridgehead atoms. The number of hydrogen-bond acceptors (Lipinski definition) is 0. The third kappa shape index (κ3) is 6.15. The predicted octanol–water partition coefficient (Wildman–Crippen LogP) is 6.40. The standard InChI is InChI=1S/C17H30F4/c1-11(2)15-7-5-14(6-8-15)9-12(3)16(18)10-13(4)17(19,20)21/h11-16H,5-10H2,1-4H3. The van der Waals surface area contributed by atoms with Crippen molar-refractivity contribution in [3.8, 4) is 0 Å². The van der Waals surface area contributed by atoms with Crippen molar-refractivity contribution in [2.45, 2.75) is 78.6 Å². The SMILES string of the molecule is CC(C)C1CCC(CC(C)C(F)CC(C)C(F)(F)F)CC1. The van der Waals surface area contributed by atoms with E-state index in [1.165, 1.54) is 12.8 Å². The molecule has 1 aliphatic carbocycles. The summed E-state index contributed by atoms with van der Waals surface area (Å²) in [5.74, 6) is 0.143. The molecule has 0 aromatic heterocycles. The van der Waals surface area contributed by atoms with Crippen LogP contribution in [0.25, 0.3) is 0 Å². The fraction of sp³-hybridized carbons (Fsp3) is 1.00. The summed E-state index contributed by atoms with van der Waals surface area (Å²) in [6.07, 6.45) is -0.703. The van der Waals surface area contributed by atoms with Gasteiger partial charge in [0.25, 0.3) is 0 Å². The monoisotopic (exact) mass is 310 g/mol. The summed E-state index contributed by atoms with van der Waals surface area (Å²) in [7, 11) is 0. The molecule has 0 heterocycles. The van der Waals surface area contributed by atoms with Crippen LogP contribution in [0.5, 0.6) is 0 Å². The van der Waals surface area contributed by atoms with Gasteiger partial charge in [-0.15, -0.1) is 0 Å². The van der Waals surface area contributed by atoms with Crippen LogP contribution in [0.4, 0.5) is 17.6 Å². The van der Waals surface area contributed by atoms with E-state index in [0.717, 1.165) is 32.1 Å². The normalized spacial score (nSPS) is 28.4. The van der Waals surface area contributed by atoms with Crippen LogP contribution in [0.2, 0.25) is 0 Å². The molecule has 3 unspecified atom stereocenters. The van der Waals surface area contributed by atoms with Crippen LogP contribution >= 0.6 is 0 Å². The van der Waals surface area contributed by atoms with Crippen LogP contribution in [0, 0.1) is 29.6 Å². The minimum atomic E-state index is -4.28. The minimum absolute atomic E-state index is 0.268. The first-order chi connectivity index (χ1) is 9.61. The van der Waals surface area contributed by atoms with Crippen LogP contribution < -0.4 is 0 Å². The van der Waals surface area contributed by atoms with Crippen LogP contribution in [0.3, 0.4) is 0 Å². The van der Waals surface area contributed by atoms with Crippen molar-refractivity contribution in [1.82, 2.24) is 0 Å². The quantitative estimate of drug-likeness (QED) is 0.498. The molecule has 1 fully saturated rings. The highest BCUT2D eigenvalue weighted by Gasteiger charge is 2.38. The summed E-state index contributed by atoms with van der Waals surface area (Å²) in [6, 6.07) is 0. The van der Waals surface area contributed by atoms with E-state index in [-0.39, 0.29) is 5.92 Å². The Morgan fingerprint density at radius 1 is 0.952 bits per heavy atom. The predicted molar refractivity (Wildman–Crippen MR) is 78.8 cm³/mol. The van der Waals surface area contributed by atoms with Crippen LogP contribution in [-0.4, -0.2) is 12.3 Å². The summed E-state index contributed by atoms with van der Waals surface area (Å²) < 4.78 is 51.5. The summed E-state index contributed by atoms with van der Waals surface area (Å²) >= 11 is 0. The first-order valence-electron chi connectivity index (χ1n) is 8.32. The van der Waals surface area contributed by atoms with Crippen LogP contribution in [0.15, 0.2) is 0 Å². The van der Waals surface area contributed by atoms with Gasteiger partial charge in [0, 0.05) is 0 Å².